The number of hydrogen-bond acceptors (Lipinski definition) is 5. The van der Waals surface area contributed by atoms with Crippen LogP contribution in [0.25, 0.3) is 0 Å². The molecule has 0 unspecified atom stereocenters. The summed E-state index contributed by atoms with van der Waals surface area (Å²) in [6.45, 7) is 3.20. The molecule has 0 saturated carbocycles. The highest BCUT2D eigenvalue weighted by Crippen LogP contribution is 2.16. The van der Waals surface area contributed by atoms with Crippen molar-refractivity contribution in [3.05, 3.63) is 89.7 Å². The van der Waals surface area contributed by atoms with E-state index in [0.29, 0.717) is 11.3 Å². The highest BCUT2D eigenvalue weighted by atomic mass is 32.2. The molecule has 0 atom stereocenters. The summed E-state index contributed by atoms with van der Waals surface area (Å²) in [7, 11) is -3.63. The first-order chi connectivity index (χ1) is 16.5. The third kappa shape index (κ3) is 6.72. The van der Waals surface area contributed by atoms with E-state index in [1.54, 1.807) is 60.9 Å². The Bertz CT molecular complexity index is 1170. The quantitative estimate of drug-likeness (QED) is 0.507. The second-order valence-electron chi connectivity index (χ2n) is 8.55. The minimum absolute atomic E-state index is 0.141. The molecule has 1 aliphatic rings. The number of benzene rings is 2. The van der Waals surface area contributed by atoms with E-state index in [2.05, 4.69) is 19.9 Å². The van der Waals surface area contributed by atoms with E-state index >= 15 is 0 Å². The van der Waals surface area contributed by atoms with Crippen molar-refractivity contribution in [2.45, 2.75) is 43.7 Å². The molecule has 1 saturated heterocycles. The van der Waals surface area contributed by atoms with Crippen molar-refractivity contribution in [2.24, 2.45) is 0 Å². The Morgan fingerprint density at radius 3 is 2.21 bits per heavy atom. The third-order valence-electron chi connectivity index (χ3n) is 5.94. The van der Waals surface area contributed by atoms with Crippen molar-refractivity contribution in [3.63, 3.8) is 0 Å². The third-order valence-corrected chi connectivity index (χ3v) is 7.36. The lowest BCUT2D eigenvalue weighted by Gasteiger charge is -2.19. The molecule has 7 nitrogen and oxygen atoms in total. The average Bonchev–Trinajstić information content (AvgIpc) is 3.13. The zero-order valence-electron chi connectivity index (χ0n) is 19.1. The van der Waals surface area contributed by atoms with Crippen molar-refractivity contribution in [2.75, 3.05) is 18.4 Å². The molecule has 0 aliphatic carbocycles. The van der Waals surface area contributed by atoms with Crippen molar-refractivity contribution in [1.82, 2.24) is 14.6 Å². The number of carbonyl (C=O) groups excluding carboxylic acids is 1. The van der Waals surface area contributed by atoms with E-state index in [-0.39, 0.29) is 17.3 Å². The van der Waals surface area contributed by atoms with Gasteiger partial charge in [0.25, 0.3) is 5.91 Å². The highest BCUT2D eigenvalue weighted by molar-refractivity contribution is 7.89. The van der Waals surface area contributed by atoms with Crippen LogP contribution in [0.2, 0.25) is 0 Å². The molecule has 34 heavy (non-hydrogen) atoms. The zero-order chi connectivity index (χ0) is 23.8. The molecule has 178 valence electrons. The molecular weight excluding hydrogens is 448 g/mol. The molecule has 1 amide bonds. The Morgan fingerprint density at radius 2 is 1.56 bits per heavy atom. The molecule has 0 radical (unpaired) electrons. The van der Waals surface area contributed by atoms with Crippen LogP contribution in [0.4, 0.5) is 5.69 Å². The molecule has 2 aromatic carbocycles. The molecule has 3 aromatic rings. The summed E-state index contributed by atoms with van der Waals surface area (Å²) in [4.78, 5) is 19.0. The van der Waals surface area contributed by atoms with Crippen LogP contribution in [0, 0.1) is 0 Å². The van der Waals surface area contributed by atoms with E-state index in [0.717, 1.165) is 30.8 Å². The van der Waals surface area contributed by atoms with Gasteiger partial charge in [0.15, 0.2) is 0 Å². The lowest BCUT2D eigenvalue weighted by atomic mass is 10.1. The summed E-state index contributed by atoms with van der Waals surface area (Å²) < 4.78 is 28.1. The standard InChI is InChI=1S/C26H30N4O3S/c31-26(29-24-6-5-15-27-19-24)23-11-7-21(8-12-23)18-28-34(32,33)25-13-9-22(10-14-25)20-30-16-3-1-2-4-17-30/h5-15,19,28H,1-4,16-18,20H2,(H,29,31). The summed E-state index contributed by atoms with van der Waals surface area (Å²) in [5, 5.41) is 2.77. The number of hydrogen-bond donors (Lipinski definition) is 2. The first kappa shape index (κ1) is 24.1. The minimum atomic E-state index is -3.63. The molecule has 4 rings (SSSR count). The van der Waals surface area contributed by atoms with Gasteiger partial charge in [-0.2, -0.15) is 0 Å². The Hall–Kier alpha value is -3.07. The second-order valence-corrected chi connectivity index (χ2v) is 10.3. The molecule has 2 N–H and O–H groups in total. The first-order valence-corrected chi connectivity index (χ1v) is 13.1. The van der Waals surface area contributed by atoms with Crippen LogP contribution in [0.5, 0.6) is 0 Å². The fourth-order valence-corrected chi connectivity index (χ4v) is 5.02. The van der Waals surface area contributed by atoms with Crippen molar-refractivity contribution < 1.29 is 13.2 Å². The first-order valence-electron chi connectivity index (χ1n) is 11.6. The largest absolute Gasteiger partial charge is 0.321 e. The lowest BCUT2D eigenvalue weighted by molar-refractivity contribution is 0.102. The van der Waals surface area contributed by atoms with Gasteiger partial charge < -0.3 is 5.32 Å². The maximum absolute atomic E-state index is 12.7. The van der Waals surface area contributed by atoms with Crippen LogP contribution in [-0.4, -0.2) is 37.3 Å². The van der Waals surface area contributed by atoms with E-state index in [1.807, 2.05) is 12.1 Å². The van der Waals surface area contributed by atoms with E-state index < -0.39 is 10.0 Å². The van der Waals surface area contributed by atoms with Crippen LogP contribution in [0.15, 0.2) is 78.0 Å². The molecular formula is C26H30N4O3S. The highest BCUT2D eigenvalue weighted by Gasteiger charge is 2.15. The van der Waals surface area contributed by atoms with Gasteiger partial charge in [0.1, 0.15) is 0 Å². The predicted molar refractivity (Wildman–Crippen MR) is 133 cm³/mol. The molecule has 1 fully saturated rings. The maximum Gasteiger partial charge on any atom is 0.255 e. The van der Waals surface area contributed by atoms with Crippen molar-refractivity contribution >= 4 is 21.6 Å². The van der Waals surface area contributed by atoms with Gasteiger partial charge in [-0.05, 0) is 73.5 Å². The van der Waals surface area contributed by atoms with Gasteiger partial charge in [0.2, 0.25) is 10.0 Å². The fourth-order valence-electron chi connectivity index (χ4n) is 4.00. The topological polar surface area (TPSA) is 91.4 Å². The summed E-state index contributed by atoms with van der Waals surface area (Å²) >= 11 is 0. The van der Waals surface area contributed by atoms with Gasteiger partial charge in [-0.25, -0.2) is 13.1 Å². The second kappa shape index (κ2) is 11.4. The van der Waals surface area contributed by atoms with Crippen LogP contribution in [0.3, 0.4) is 0 Å². The normalized spacial score (nSPS) is 14.9. The molecule has 0 spiro atoms. The maximum atomic E-state index is 12.7. The number of nitrogens with zero attached hydrogens (tertiary/aromatic N) is 2. The lowest BCUT2D eigenvalue weighted by Crippen LogP contribution is -2.24. The van der Waals surface area contributed by atoms with Gasteiger partial charge in [-0.1, -0.05) is 37.1 Å². The van der Waals surface area contributed by atoms with Crippen molar-refractivity contribution in [1.29, 1.82) is 0 Å². The molecule has 8 heteroatoms. The number of anilines is 1. The van der Waals surface area contributed by atoms with E-state index in [9.17, 15) is 13.2 Å². The predicted octanol–water partition coefficient (Wildman–Crippen LogP) is 4.19. The fraction of sp³-hybridized carbons (Fsp3) is 0.308. The number of likely N-dealkylation sites (tertiary alicyclic amines) is 1. The summed E-state index contributed by atoms with van der Waals surface area (Å²) in [5.74, 6) is -0.250. The van der Waals surface area contributed by atoms with Crippen molar-refractivity contribution in [3.8, 4) is 0 Å². The van der Waals surface area contributed by atoms with Gasteiger partial charge in [-0.15, -0.1) is 0 Å². The van der Waals surface area contributed by atoms with Crippen LogP contribution in [0.1, 0.15) is 47.2 Å². The Labute approximate surface area is 201 Å². The number of rotatable bonds is 8. The molecule has 0 bridgehead atoms. The summed E-state index contributed by atoms with van der Waals surface area (Å²) in [5.41, 5.74) is 2.98. The minimum Gasteiger partial charge on any atom is -0.321 e. The Balaban J connectivity index is 1.31. The molecule has 1 aliphatic heterocycles. The molecule has 2 heterocycles. The van der Waals surface area contributed by atoms with E-state index in [4.69, 9.17) is 0 Å². The summed E-state index contributed by atoms with van der Waals surface area (Å²) in [6.07, 6.45) is 8.25. The van der Waals surface area contributed by atoms with Gasteiger partial charge in [-0.3, -0.25) is 14.7 Å². The van der Waals surface area contributed by atoms with Gasteiger partial charge in [0, 0.05) is 24.8 Å². The number of sulfonamides is 1. The SMILES string of the molecule is O=C(Nc1cccnc1)c1ccc(CNS(=O)(=O)c2ccc(CN3CCCCCC3)cc2)cc1. The monoisotopic (exact) mass is 478 g/mol. The van der Waals surface area contributed by atoms with Crippen LogP contribution >= 0.6 is 0 Å². The zero-order valence-corrected chi connectivity index (χ0v) is 19.9. The number of pyridine rings is 1. The van der Waals surface area contributed by atoms with Crippen LogP contribution in [-0.2, 0) is 23.1 Å². The molecule has 1 aromatic heterocycles. The summed E-state index contributed by atoms with van der Waals surface area (Å²) in [6, 6.07) is 17.5. The van der Waals surface area contributed by atoms with Gasteiger partial charge in [0.05, 0.1) is 16.8 Å². The number of aromatic nitrogens is 1. The Morgan fingerprint density at radius 1 is 0.882 bits per heavy atom. The van der Waals surface area contributed by atoms with E-state index in [1.165, 1.54) is 25.7 Å². The smallest absolute Gasteiger partial charge is 0.255 e. The van der Waals surface area contributed by atoms with Crippen LogP contribution < -0.4 is 10.0 Å². The average molecular weight is 479 g/mol. The Kier molecular flexibility index (Phi) is 8.05. The number of nitrogens with one attached hydrogen (secondary N) is 2. The number of amides is 1. The van der Waals surface area contributed by atoms with Gasteiger partial charge >= 0.3 is 0 Å². The number of carbonyl (C=O) groups is 1.